The van der Waals surface area contributed by atoms with Crippen LogP contribution in [0.3, 0.4) is 0 Å². The number of carbonyl (C=O) groups is 1. The van der Waals surface area contributed by atoms with E-state index in [1.807, 2.05) is 0 Å². The van der Waals surface area contributed by atoms with E-state index in [1.54, 1.807) is 31.2 Å². The van der Waals surface area contributed by atoms with Crippen molar-refractivity contribution in [2.45, 2.75) is 12.1 Å². The number of aromatic amines is 1. The molecule has 0 aliphatic carbocycles. The quantitative estimate of drug-likeness (QED) is 0.679. The highest BCUT2D eigenvalue weighted by Crippen LogP contribution is 2.20. The van der Waals surface area contributed by atoms with E-state index in [4.69, 9.17) is 0 Å². The minimum Gasteiger partial charge on any atom is -0.325 e. The first-order chi connectivity index (χ1) is 12.0. The number of aryl methyl sites for hydroxylation is 1. The third-order valence-corrected chi connectivity index (χ3v) is 4.22. The fourth-order valence-electron chi connectivity index (χ4n) is 2.05. The Kier molecular flexibility index (Phi) is 5.08. The zero-order valence-electron chi connectivity index (χ0n) is 13.2. The predicted molar refractivity (Wildman–Crippen MR) is 92.3 cm³/mol. The molecule has 0 unspecified atom stereocenters. The number of benzene rings is 2. The van der Waals surface area contributed by atoms with E-state index in [0.717, 1.165) is 11.8 Å². The van der Waals surface area contributed by atoms with Crippen molar-refractivity contribution < 1.29 is 13.6 Å². The molecule has 0 radical (unpaired) electrons. The Hall–Kier alpha value is -2.74. The first kappa shape index (κ1) is 17.1. The van der Waals surface area contributed by atoms with Crippen molar-refractivity contribution in [2.75, 3.05) is 11.1 Å². The molecule has 128 valence electrons. The molecule has 0 saturated carbocycles. The minimum absolute atomic E-state index is 0.0796. The zero-order valence-corrected chi connectivity index (χ0v) is 14.0. The van der Waals surface area contributed by atoms with Gasteiger partial charge in [-0.05, 0) is 48.9 Å². The highest BCUT2D eigenvalue weighted by atomic mass is 32.2. The van der Waals surface area contributed by atoms with Crippen LogP contribution < -0.4 is 5.32 Å². The second kappa shape index (κ2) is 7.43. The summed E-state index contributed by atoms with van der Waals surface area (Å²) in [4.78, 5) is 16.2. The van der Waals surface area contributed by atoms with E-state index in [9.17, 15) is 13.6 Å². The minimum atomic E-state index is -0.372. The van der Waals surface area contributed by atoms with Crippen molar-refractivity contribution in [3.8, 4) is 11.4 Å². The molecule has 0 atom stereocenters. The largest absolute Gasteiger partial charge is 0.325 e. The average Bonchev–Trinajstić information content (AvgIpc) is 3.06. The van der Waals surface area contributed by atoms with Crippen LogP contribution in [-0.4, -0.2) is 26.8 Å². The Morgan fingerprint density at radius 2 is 1.96 bits per heavy atom. The van der Waals surface area contributed by atoms with Gasteiger partial charge in [-0.25, -0.2) is 13.8 Å². The maximum absolute atomic E-state index is 13.5. The molecule has 1 amide bonds. The molecule has 1 heterocycles. The van der Waals surface area contributed by atoms with Gasteiger partial charge in [0.2, 0.25) is 11.1 Å². The van der Waals surface area contributed by atoms with Crippen LogP contribution in [0.4, 0.5) is 14.5 Å². The molecule has 0 aliphatic rings. The molecule has 3 rings (SSSR count). The number of anilines is 1. The smallest absolute Gasteiger partial charge is 0.234 e. The molecule has 0 fully saturated rings. The summed E-state index contributed by atoms with van der Waals surface area (Å²) in [5.41, 5.74) is 1.61. The summed E-state index contributed by atoms with van der Waals surface area (Å²) < 4.78 is 26.4. The number of rotatable bonds is 5. The van der Waals surface area contributed by atoms with Gasteiger partial charge in [0.05, 0.1) is 5.75 Å². The number of amides is 1. The van der Waals surface area contributed by atoms with Gasteiger partial charge >= 0.3 is 0 Å². The Morgan fingerprint density at radius 1 is 1.20 bits per heavy atom. The summed E-state index contributed by atoms with van der Waals surface area (Å²) >= 11 is 1.14. The maximum Gasteiger partial charge on any atom is 0.234 e. The fourth-order valence-corrected chi connectivity index (χ4v) is 2.64. The molecule has 0 aliphatic heterocycles. The number of hydrogen-bond donors (Lipinski definition) is 2. The monoisotopic (exact) mass is 360 g/mol. The lowest BCUT2D eigenvalue weighted by molar-refractivity contribution is -0.113. The molecular weight excluding hydrogens is 346 g/mol. The number of nitrogens with zero attached hydrogens (tertiary/aromatic N) is 2. The fraction of sp³-hybridized carbons (Fsp3) is 0.118. The molecule has 1 aromatic heterocycles. The summed E-state index contributed by atoms with van der Waals surface area (Å²) in [7, 11) is 0. The van der Waals surface area contributed by atoms with Crippen LogP contribution in [0.2, 0.25) is 0 Å². The third-order valence-electron chi connectivity index (χ3n) is 3.37. The summed E-state index contributed by atoms with van der Waals surface area (Å²) in [5.74, 6) is -0.425. The van der Waals surface area contributed by atoms with E-state index in [2.05, 4.69) is 20.5 Å². The molecule has 2 N–H and O–H groups in total. The summed E-state index contributed by atoms with van der Waals surface area (Å²) in [6, 6.07) is 10.4. The van der Waals surface area contributed by atoms with E-state index in [-0.39, 0.29) is 23.3 Å². The third kappa shape index (κ3) is 4.42. The Labute approximate surface area is 146 Å². The van der Waals surface area contributed by atoms with E-state index in [1.165, 1.54) is 18.2 Å². The summed E-state index contributed by atoms with van der Waals surface area (Å²) in [6.45, 7) is 1.65. The molecular formula is C17H14F2N4OS. The van der Waals surface area contributed by atoms with Crippen LogP contribution in [0, 0.1) is 18.6 Å². The van der Waals surface area contributed by atoms with Crippen molar-refractivity contribution in [3.05, 3.63) is 59.7 Å². The molecule has 0 spiro atoms. The Balaban J connectivity index is 1.57. The standard InChI is InChI=1S/C17H14F2N4OS/c1-10-2-7-13(8-14(10)19)20-15(24)9-25-17-21-16(22-23-17)11-3-5-12(18)6-4-11/h2-8H,9H2,1H3,(H,20,24)(H,21,22,23). The van der Waals surface area contributed by atoms with Crippen molar-refractivity contribution >= 4 is 23.4 Å². The van der Waals surface area contributed by atoms with Gasteiger partial charge in [0.25, 0.3) is 0 Å². The molecule has 25 heavy (non-hydrogen) atoms. The van der Waals surface area contributed by atoms with Crippen LogP contribution in [0.15, 0.2) is 47.6 Å². The number of halogens is 2. The van der Waals surface area contributed by atoms with Gasteiger partial charge in [-0.3, -0.25) is 9.89 Å². The lowest BCUT2D eigenvalue weighted by atomic mass is 10.2. The van der Waals surface area contributed by atoms with Crippen LogP contribution in [0.25, 0.3) is 11.4 Å². The van der Waals surface area contributed by atoms with Gasteiger partial charge in [0, 0.05) is 11.3 Å². The van der Waals surface area contributed by atoms with Gasteiger partial charge in [-0.2, -0.15) is 0 Å². The van der Waals surface area contributed by atoms with E-state index < -0.39 is 0 Å². The second-order valence-corrected chi connectivity index (χ2v) is 6.22. The van der Waals surface area contributed by atoms with Crippen LogP contribution in [-0.2, 0) is 4.79 Å². The van der Waals surface area contributed by atoms with Crippen molar-refractivity contribution in [3.63, 3.8) is 0 Å². The number of thioether (sulfide) groups is 1. The SMILES string of the molecule is Cc1ccc(NC(=O)CSc2n[nH]c(-c3ccc(F)cc3)n2)cc1F. The topological polar surface area (TPSA) is 70.7 Å². The zero-order chi connectivity index (χ0) is 17.8. The average molecular weight is 360 g/mol. The predicted octanol–water partition coefficient (Wildman–Crippen LogP) is 3.79. The molecule has 0 saturated heterocycles. The molecule has 5 nitrogen and oxygen atoms in total. The maximum atomic E-state index is 13.5. The van der Waals surface area contributed by atoms with E-state index >= 15 is 0 Å². The number of nitrogens with one attached hydrogen (secondary N) is 2. The van der Waals surface area contributed by atoms with Gasteiger partial charge < -0.3 is 5.32 Å². The number of H-pyrrole nitrogens is 1. The highest BCUT2D eigenvalue weighted by molar-refractivity contribution is 7.99. The van der Waals surface area contributed by atoms with Crippen LogP contribution in [0.1, 0.15) is 5.56 Å². The highest BCUT2D eigenvalue weighted by Gasteiger charge is 2.10. The van der Waals surface area contributed by atoms with E-state index in [0.29, 0.717) is 27.8 Å². The number of aromatic nitrogens is 3. The van der Waals surface area contributed by atoms with Gasteiger partial charge in [-0.15, -0.1) is 5.10 Å². The Morgan fingerprint density at radius 3 is 2.68 bits per heavy atom. The lowest BCUT2D eigenvalue weighted by Crippen LogP contribution is -2.14. The normalized spacial score (nSPS) is 10.7. The summed E-state index contributed by atoms with van der Waals surface area (Å²) in [6.07, 6.45) is 0. The number of hydrogen-bond acceptors (Lipinski definition) is 4. The Bertz CT molecular complexity index is 896. The van der Waals surface area contributed by atoms with Crippen molar-refractivity contribution in [1.29, 1.82) is 0 Å². The molecule has 0 bridgehead atoms. The molecule has 8 heteroatoms. The summed E-state index contributed by atoms with van der Waals surface area (Å²) in [5, 5.41) is 9.77. The van der Waals surface area contributed by atoms with Gasteiger partial charge in [-0.1, -0.05) is 17.8 Å². The van der Waals surface area contributed by atoms with Gasteiger partial charge in [0.1, 0.15) is 11.6 Å². The molecule has 2 aromatic carbocycles. The number of carbonyl (C=O) groups excluding carboxylic acids is 1. The van der Waals surface area contributed by atoms with Crippen LogP contribution in [0.5, 0.6) is 0 Å². The van der Waals surface area contributed by atoms with Crippen molar-refractivity contribution in [1.82, 2.24) is 15.2 Å². The van der Waals surface area contributed by atoms with Crippen molar-refractivity contribution in [2.24, 2.45) is 0 Å². The molecule has 3 aromatic rings. The second-order valence-electron chi connectivity index (χ2n) is 5.27. The van der Waals surface area contributed by atoms with Crippen LogP contribution >= 0.6 is 11.8 Å². The first-order valence-electron chi connectivity index (χ1n) is 7.38. The van der Waals surface area contributed by atoms with Gasteiger partial charge in [0.15, 0.2) is 5.82 Å². The first-order valence-corrected chi connectivity index (χ1v) is 8.37. The lowest BCUT2D eigenvalue weighted by Gasteiger charge is -2.05.